The van der Waals surface area contributed by atoms with Crippen LogP contribution in [-0.2, 0) is 0 Å². The quantitative estimate of drug-likeness (QED) is 0.741. The van der Waals surface area contributed by atoms with Crippen LogP contribution in [0.3, 0.4) is 0 Å². The van der Waals surface area contributed by atoms with Crippen LogP contribution in [0, 0.1) is 11.8 Å². The van der Waals surface area contributed by atoms with Gasteiger partial charge in [-0.1, -0.05) is 12.3 Å². The van der Waals surface area contributed by atoms with E-state index in [1.165, 1.54) is 25.0 Å². The van der Waals surface area contributed by atoms with Gasteiger partial charge < -0.3 is 0 Å². The second-order valence-corrected chi connectivity index (χ2v) is 7.10. The average molecular weight is 339 g/mol. The lowest BCUT2D eigenvalue weighted by molar-refractivity contribution is 0.412. The largest absolute Gasteiger partial charge is 0.232 e. The van der Waals surface area contributed by atoms with Crippen molar-refractivity contribution in [2.24, 2.45) is 0 Å². The average Bonchev–Trinajstić information content (AvgIpc) is 3.23. The van der Waals surface area contributed by atoms with E-state index in [1.54, 1.807) is 22.7 Å². The number of thiazole rings is 1. The summed E-state index contributed by atoms with van der Waals surface area (Å²) in [6.45, 7) is 0. The van der Waals surface area contributed by atoms with E-state index >= 15 is 0 Å². The number of hydrogen-bond donors (Lipinski definition) is 1. The first-order valence-electron chi connectivity index (χ1n) is 7.34. The first-order chi connectivity index (χ1) is 11.4. The van der Waals surface area contributed by atoms with Gasteiger partial charge in [0.1, 0.15) is 0 Å². The van der Waals surface area contributed by atoms with Gasteiger partial charge in [0, 0.05) is 27.1 Å². The van der Waals surface area contributed by atoms with Gasteiger partial charge in [-0.3, -0.25) is 0 Å². The minimum absolute atomic E-state index is 0.567. The molecule has 5 nitrogen and oxygen atoms in total. The summed E-state index contributed by atoms with van der Waals surface area (Å²) in [4.78, 5) is 5.74. The van der Waals surface area contributed by atoms with Crippen molar-refractivity contribution in [1.29, 1.82) is 0 Å². The highest BCUT2D eigenvalue weighted by molar-refractivity contribution is 7.11. The number of nitrogens with zero attached hydrogens (tertiary/aromatic N) is 4. The molecule has 1 saturated carbocycles. The predicted molar refractivity (Wildman–Crippen MR) is 92.1 cm³/mol. The van der Waals surface area contributed by atoms with Gasteiger partial charge in [-0.15, -0.1) is 32.9 Å². The molecular formula is C16H13N5S2. The molecule has 3 aromatic heterocycles. The molecule has 0 bridgehead atoms. The van der Waals surface area contributed by atoms with E-state index in [-0.39, 0.29) is 0 Å². The van der Waals surface area contributed by atoms with Crippen molar-refractivity contribution in [3.8, 4) is 11.8 Å². The highest BCUT2D eigenvalue weighted by Crippen LogP contribution is 2.36. The lowest BCUT2D eigenvalue weighted by atomic mass is 9.83. The number of rotatable bonds is 3. The fraction of sp³-hybridized carbons (Fsp3) is 0.250. The molecule has 0 spiro atoms. The summed E-state index contributed by atoms with van der Waals surface area (Å²) in [7, 11) is 0. The molecule has 0 atom stereocenters. The second-order valence-electron chi connectivity index (χ2n) is 5.30. The van der Waals surface area contributed by atoms with Crippen molar-refractivity contribution in [2.75, 3.05) is 0 Å². The van der Waals surface area contributed by atoms with Gasteiger partial charge in [-0.05, 0) is 42.2 Å². The van der Waals surface area contributed by atoms with Gasteiger partial charge in [0.2, 0.25) is 0 Å². The molecule has 0 aliphatic heterocycles. The first kappa shape index (κ1) is 14.3. The van der Waals surface area contributed by atoms with Gasteiger partial charge in [-0.2, -0.15) is 5.21 Å². The number of hydrogen-bond acceptors (Lipinski definition) is 6. The number of thiophene rings is 1. The van der Waals surface area contributed by atoms with Gasteiger partial charge in [-0.25, -0.2) is 4.98 Å². The smallest absolute Gasteiger partial charge is 0.197 e. The Morgan fingerprint density at radius 1 is 1.17 bits per heavy atom. The molecule has 1 aliphatic rings. The Morgan fingerprint density at radius 3 is 2.91 bits per heavy atom. The molecule has 23 heavy (non-hydrogen) atoms. The number of tetrazole rings is 1. The van der Waals surface area contributed by atoms with E-state index in [4.69, 9.17) is 0 Å². The van der Waals surface area contributed by atoms with Crippen LogP contribution in [0.1, 0.15) is 52.1 Å². The highest BCUT2D eigenvalue weighted by Gasteiger charge is 2.21. The van der Waals surface area contributed by atoms with Gasteiger partial charge in [0.15, 0.2) is 10.8 Å². The summed E-state index contributed by atoms with van der Waals surface area (Å²) in [5.41, 5.74) is 2.22. The van der Waals surface area contributed by atoms with Crippen molar-refractivity contribution in [3.05, 3.63) is 43.8 Å². The lowest BCUT2D eigenvalue weighted by Gasteiger charge is -2.22. The molecule has 0 unspecified atom stereocenters. The molecular weight excluding hydrogens is 326 g/mol. The molecule has 0 saturated heterocycles. The third kappa shape index (κ3) is 3.38. The van der Waals surface area contributed by atoms with Gasteiger partial charge in [0.05, 0.1) is 5.69 Å². The summed E-state index contributed by atoms with van der Waals surface area (Å²) in [5, 5.41) is 18.8. The monoisotopic (exact) mass is 339 g/mol. The summed E-state index contributed by atoms with van der Waals surface area (Å²) in [6.07, 6.45) is 7.66. The minimum Gasteiger partial charge on any atom is -0.232 e. The van der Waals surface area contributed by atoms with Crippen LogP contribution in [0.5, 0.6) is 0 Å². The molecule has 0 amide bonds. The number of aromatic nitrogens is 5. The van der Waals surface area contributed by atoms with Crippen LogP contribution in [0.25, 0.3) is 12.2 Å². The molecule has 4 rings (SSSR count). The first-order valence-corrected chi connectivity index (χ1v) is 9.10. The fourth-order valence-electron chi connectivity index (χ4n) is 2.26. The highest BCUT2D eigenvalue weighted by atomic mass is 32.1. The van der Waals surface area contributed by atoms with E-state index in [9.17, 15) is 0 Å². The SMILES string of the molecule is C(#Cc1nc(C2CCC2)cs1)c1csc(/C=C/c2nn[nH]n2)c1. The van der Waals surface area contributed by atoms with Crippen LogP contribution in [0.4, 0.5) is 0 Å². The number of aromatic amines is 1. The molecule has 0 radical (unpaired) electrons. The zero-order valence-electron chi connectivity index (χ0n) is 12.2. The molecule has 7 heteroatoms. The van der Waals surface area contributed by atoms with E-state index in [2.05, 4.69) is 48.9 Å². The van der Waals surface area contributed by atoms with Crippen LogP contribution >= 0.6 is 22.7 Å². The summed E-state index contributed by atoms with van der Waals surface area (Å²) < 4.78 is 0. The van der Waals surface area contributed by atoms with Crippen molar-refractivity contribution in [3.63, 3.8) is 0 Å². The Morgan fingerprint density at radius 2 is 2.13 bits per heavy atom. The van der Waals surface area contributed by atoms with Crippen LogP contribution in [-0.4, -0.2) is 25.6 Å². The van der Waals surface area contributed by atoms with Crippen LogP contribution in [0.2, 0.25) is 0 Å². The standard InChI is InChI=1S/C16H13N5S2/c1-2-12(3-1)14-10-23-16(17-14)7-4-11-8-13(22-9-11)5-6-15-18-20-21-19-15/h5-6,8-10,12H,1-3H2,(H,18,19,20,21)/b6-5+. The van der Waals surface area contributed by atoms with Crippen molar-refractivity contribution in [1.82, 2.24) is 25.6 Å². The van der Waals surface area contributed by atoms with E-state index in [0.29, 0.717) is 11.7 Å². The Hall–Kier alpha value is -2.30. The Kier molecular flexibility index (Phi) is 4.01. The van der Waals surface area contributed by atoms with Crippen LogP contribution in [0.15, 0.2) is 16.8 Å². The molecule has 1 N–H and O–H groups in total. The van der Waals surface area contributed by atoms with Crippen molar-refractivity contribution >= 4 is 34.8 Å². The zero-order chi connectivity index (χ0) is 15.5. The van der Waals surface area contributed by atoms with E-state index < -0.39 is 0 Å². The zero-order valence-corrected chi connectivity index (χ0v) is 13.8. The summed E-state index contributed by atoms with van der Waals surface area (Å²) in [6, 6.07) is 2.05. The van der Waals surface area contributed by atoms with Gasteiger partial charge in [0.25, 0.3) is 0 Å². The van der Waals surface area contributed by atoms with E-state index in [1.807, 2.05) is 17.5 Å². The maximum Gasteiger partial charge on any atom is 0.197 e. The fourth-order valence-corrected chi connectivity index (χ4v) is 3.74. The lowest BCUT2D eigenvalue weighted by Crippen LogP contribution is -2.08. The third-order valence-corrected chi connectivity index (χ3v) is 5.41. The third-order valence-electron chi connectivity index (χ3n) is 3.74. The number of nitrogens with one attached hydrogen (secondary N) is 1. The molecule has 3 aromatic rings. The van der Waals surface area contributed by atoms with Crippen molar-refractivity contribution in [2.45, 2.75) is 25.2 Å². The molecule has 0 aromatic carbocycles. The summed E-state index contributed by atoms with van der Waals surface area (Å²) >= 11 is 3.28. The Bertz CT molecular complexity index is 875. The minimum atomic E-state index is 0.567. The van der Waals surface area contributed by atoms with Crippen LogP contribution < -0.4 is 0 Å². The normalized spacial score (nSPS) is 14.6. The van der Waals surface area contributed by atoms with E-state index in [0.717, 1.165) is 15.4 Å². The Balaban J connectivity index is 1.44. The van der Waals surface area contributed by atoms with Gasteiger partial charge >= 0.3 is 0 Å². The maximum atomic E-state index is 4.63. The molecule has 1 fully saturated rings. The topological polar surface area (TPSA) is 67.3 Å². The Labute approximate surface area is 141 Å². The summed E-state index contributed by atoms with van der Waals surface area (Å²) in [5.74, 6) is 7.59. The maximum absolute atomic E-state index is 4.63. The molecule has 3 heterocycles. The second kappa shape index (κ2) is 6.44. The number of H-pyrrole nitrogens is 1. The predicted octanol–water partition coefficient (Wildman–Crippen LogP) is 3.56. The molecule has 1 aliphatic carbocycles. The van der Waals surface area contributed by atoms with Crippen molar-refractivity contribution < 1.29 is 0 Å². The molecule has 114 valence electrons.